The van der Waals surface area contributed by atoms with Gasteiger partial charge in [0.15, 0.2) is 11.5 Å². The van der Waals surface area contributed by atoms with Gasteiger partial charge in [0.05, 0.1) is 19.8 Å². The first-order chi connectivity index (χ1) is 12.6. The molecule has 0 N–H and O–H groups in total. The van der Waals surface area contributed by atoms with Gasteiger partial charge in [0.1, 0.15) is 6.61 Å². The van der Waals surface area contributed by atoms with Crippen LogP contribution in [0.3, 0.4) is 0 Å². The number of ether oxygens (including phenoxy) is 4. The highest BCUT2D eigenvalue weighted by atomic mass is 16.6. The van der Waals surface area contributed by atoms with Gasteiger partial charge in [-0.1, -0.05) is 13.0 Å². The molecular formula is C20H20O6. The Morgan fingerprint density at radius 2 is 1.85 bits per heavy atom. The molecule has 1 aliphatic rings. The van der Waals surface area contributed by atoms with Crippen LogP contribution in [0.1, 0.15) is 35.7 Å². The van der Waals surface area contributed by atoms with E-state index in [2.05, 4.69) is 0 Å². The van der Waals surface area contributed by atoms with E-state index in [-0.39, 0.29) is 18.5 Å². The molecule has 0 unspecified atom stereocenters. The molecule has 0 saturated carbocycles. The standard InChI is InChI=1S/C20H20O6/c1-4-5-17(21)26-18-14(8-9-16(23-2)19(18)24-3)12-6-7-15-13(10-12)11-25-20(15)22/h6-10H,4-5,11H2,1-3H3. The van der Waals surface area contributed by atoms with E-state index >= 15 is 0 Å². The Morgan fingerprint density at radius 1 is 1.08 bits per heavy atom. The first-order valence-corrected chi connectivity index (χ1v) is 8.35. The summed E-state index contributed by atoms with van der Waals surface area (Å²) in [5, 5.41) is 0. The fraction of sp³-hybridized carbons (Fsp3) is 0.300. The van der Waals surface area contributed by atoms with Crippen LogP contribution in [0.15, 0.2) is 30.3 Å². The number of cyclic esters (lactones) is 1. The maximum atomic E-state index is 12.1. The van der Waals surface area contributed by atoms with Gasteiger partial charge in [0.2, 0.25) is 5.75 Å². The van der Waals surface area contributed by atoms with Gasteiger partial charge in [-0.25, -0.2) is 4.79 Å². The zero-order valence-corrected chi connectivity index (χ0v) is 15.0. The van der Waals surface area contributed by atoms with Gasteiger partial charge in [0.25, 0.3) is 0 Å². The molecule has 1 heterocycles. The maximum Gasteiger partial charge on any atom is 0.338 e. The molecule has 26 heavy (non-hydrogen) atoms. The fourth-order valence-corrected chi connectivity index (χ4v) is 2.90. The lowest BCUT2D eigenvalue weighted by Crippen LogP contribution is -2.09. The van der Waals surface area contributed by atoms with Crippen molar-refractivity contribution in [3.05, 3.63) is 41.5 Å². The van der Waals surface area contributed by atoms with Gasteiger partial charge in [-0.3, -0.25) is 4.79 Å². The Kier molecular flexibility index (Phi) is 5.11. The molecule has 0 aromatic heterocycles. The lowest BCUT2D eigenvalue weighted by molar-refractivity contribution is -0.134. The third-order valence-electron chi connectivity index (χ3n) is 4.17. The second-order valence-corrected chi connectivity index (χ2v) is 5.85. The van der Waals surface area contributed by atoms with Crippen LogP contribution in [-0.2, 0) is 16.1 Å². The van der Waals surface area contributed by atoms with Crippen LogP contribution >= 0.6 is 0 Å². The number of esters is 2. The molecule has 0 aliphatic carbocycles. The number of methoxy groups -OCH3 is 2. The minimum absolute atomic E-state index is 0.236. The van der Waals surface area contributed by atoms with E-state index < -0.39 is 0 Å². The highest BCUT2D eigenvalue weighted by Gasteiger charge is 2.24. The lowest BCUT2D eigenvalue weighted by Gasteiger charge is -2.17. The Morgan fingerprint density at radius 3 is 2.54 bits per heavy atom. The van der Waals surface area contributed by atoms with Gasteiger partial charge in [-0.15, -0.1) is 0 Å². The summed E-state index contributed by atoms with van der Waals surface area (Å²) in [4.78, 5) is 23.8. The summed E-state index contributed by atoms with van der Waals surface area (Å²) in [6, 6.07) is 8.92. The Hall–Kier alpha value is -3.02. The summed E-state index contributed by atoms with van der Waals surface area (Å²) in [5.74, 6) is 0.446. The summed E-state index contributed by atoms with van der Waals surface area (Å²) in [6.45, 7) is 2.14. The van der Waals surface area contributed by atoms with Crippen molar-refractivity contribution < 1.29 is 28.5 Å². The van der Waals surface area contributed by atoms with Crippen LogP contribution in [0.4, 0.5) is 0 Å². The zero-order valence-electron chi connectivity index (χ0n) is 15.0. The molecule has 2 aromatic carbocycles. The third kappa shape index (κ3) is 3.22. The number of carbonyl (C=O) groups excluding carboxylic acids is 2. The predicted octanol–water partition coefficient (Wildman–Crippen LogP) is 3.75. The van der Waals surface area contributed by atoms with Crippen molar-refractivity contribution in [2.45, 2.75) is 26.4 Å². The maximum absolute atomic E-state index is 12.1. The largest absolute Gasteiger partial charge is 0.493 e. The predicted molar refractivity (Wildman–Crippen MR) is 94.6 cm³/mol. The summed E-state index contributed by atoms with van der Waals surface area (Å²) in [5.41, 5.74) is 2.82. The van der Waals surface area contributed by atoms with Gasteiger partial charge >= 0.3 is 11.9 Å². The molecule has 0 atom stereocenters. The van der Waals surface area contributed by atoms with E-state index in [0.717, 1.165) is 11.1 Å². The van der Waals surface area contributed by atoms with Crippen LogP contribution in [0, 0.1) is 0 Å². The molecule has 2 aromatic rings. The highest BCUT2D eigenvalue weighted by molar-refractivity contribution is 5.94. The smallest absolute Gasteiger partial charge is 0.338 e. The molecular weight excluding hydrogens is 336 g/mol. The summed E-state index contributed by atoms with van der Waals surface area (Å²) in [6.07, 6.45) is 0.977. The zero-order chi connectivity index (χ0) is 18.7. The van der Waals surface area contributed by atoms with Crippen molar-refractivity contribution in [3.8, 4) is 28.4 Å². The van der Waals surface area contributed by atoms with E-state index in [9.17, 15) is 9.59 Å². The number of carbonyl (C=O) groups is 2. The van der Waals surface area contributed by atoms with Crippen LogP contribution in [0.2, 0.25) is 0 Å². The quantitative estimate of drug-likeness (QED) is 0.580. The van der Waals surface area contributed by atoms with Gasteiger partial charge < -0.3 is 18.9 Å². The van der Waals surface area contributed by atoms with E-state index in [4.69, 9.17) is 18.9 Å². The molecule has 0 spiro atoms. The molecule has 0 fully saturated rings. The minimum Gasteiger partial charge on any atom is -0.493 e. The molecule has 0 bridgehead atoms. The van der Waals surface area contributed by atoms with Crippen molar-refractivity contribution in [2.24, 2.45) is 0 Å². The average molecular weight is 356 g/mol. The molecule has 1 aliphatic heterocycles. The van der Waals surface area contributed by atoms with Crippen molar-refractivity contribution >= 4 is 11.9 Å². The van der Waals surface area contributed by atoms with Crippen LogP contribution in [0.25, 0.3) is 11.1 Å². The van der Waals surface area contributed by atoms with Gasteiger partial charge in [0, 0.05) is 17.5 Å². The van der Waals surface area contributed by atoms with Crippen molar-refractivity contribution in [1.29, 1.82) is 0 Å². The highest BCUT2D eigenvalue weighted by Crippen LogP contribution is 2.45. The van der Waals surface area contributed by atoms with E-state index in [1.165, 1.54) is 14.2 Å². The van der Waals surface area contributed by atoms with Crippen LogP contribution < -0.4 is 14.2 Å². The molecule has 0 saturated heterocycles. The number of benzene rings is 2. The molecule has 0 radical (unpaired) electrons. The van der Waals surface area contributed by atoms with Crippen LogP contribution in [-0.4, -0.2) is 26.2 Å². The first kappa shape index (κ1) is 17.8. The normalized spacial score (nSPS) is 12.3. The van der Waals surface area contributed by atoms with Crippen LogP contribution in [0.5, 0.6) is 17.2 Å². The first-order valence-electron chi connectivity index (χ1n) is 8.35. The molecule has 3 rings (SSSR count). The Bertz CT molecular complexity index is 856. The lowest BCUT2D eigenvalue weighted by atomic mass is 9.99. The van der Waals surface area contributed by atoms with Crippen molar-refractivity contribution in [1.82, 2.24) is 0 Å². The summed E-state index contributed by atoms with van der Waals surface area (Å²) < 4.78 is 21.4. The van der Waals surface area contributed by atoms with Gasteiger partial charge in [-0.05, 0) is 36.2 Å². The van der Waals surface area contributed by atoms with E-state index in [1.807, 2.05) is 13.0 Å². The SMILES string of the molecule is CCCC(=O)Oc1c(-c2ccc3c(c2)COC3=O)ccc(OC)c1OC. The number of hydrogen-bond acceptors (Lipinski definition) is 6. The average Bonchev–Trinajstić information content (AvgIpc) is 3.01. The molecule has 0 amide bonds. The topological polar surface area (TPSA) is 71.1 Å². The summed E-state index contributed by atoms with van der Waals surface area (Å²) >= 11 is 0. The second kappa shape index (κ2) is 7.47. The Balaban J connectivity index is 2.11. The third-order valence-corrected chi connectivity index (χ3v) is 4.17. The molecule has 6 heteroatoms. The minimum atomic E-state index is -0.347. The van der Waals surface area contributed by atoms with Crippen molar-refractivity contribution in [3.63, 3.8) is 0 Å². The number of rotatable bonds is 6. The van der Waals surface area contributed by atoms with Gasteiger partial charge in [-0.2, -0.15) is 0 Å². The van der Waals surface area contributed by atoms with Crippen molar-refractivity contribution in [2.75, 3.05) is 14.2 Å². The van der Waals surface area contributed by atoms with E-state index in [1.54, 1.807) is 24.3 Å². The number of fused-ring (bicyclic) bond motifs is 1. The Labute approximate surface area is 151 Å². The van der Waals surface area contributed by atoms with E-state index in [0.29, 0.717) is 41.2 Å². The molecule has 136 valence electrons. The fourth-order valence-electron chi connectivity index (χ4n) is 2.90. The monoisotopic (exact) mass is 356 g/mol. The summed E-state index contributed by atoms with van der Waals surface area (Å²) in [7, 11) is 3.02. The number of hydrogen-bond donors (Lipinski definition) is 0. The second-order valence-electron chi connectivity index (χ2n) is 5.85. The molecule has 6 nitrogen and oxygen atoms in total.